The molecule has 0 bridgehead atoms. The maximum absolute atomic E-state index is 11.7. The summed E-state index contributed by atoms with van der Waals surface area (Å²) in [7, 11) is 0. The lowest BCUT2D eigenvalue weighted by Crippen LogP contribution is -2.38. The minimum atomic E-state index is -0.737. The molecule has 2 heterocycles. The summed E-state index contributed by atoms with van der Waals surface area (Å²) in [5, 5.41) is 9.58. The van der Waals surface area contributed by atoms with Crippen LogP contribution in [-0.4, -0.2) is 35.2 Å². The molecule has 6 heteroatoms. The number of carboxylic acids is 1. The molecule has 1 saturated heterocycles. The maximum atomic E-state index is 11.7. The number of benzene rings is 1. The molecule has 2 aromatic rings. The number of ether oxygens (including phenoxy) is 1. The van der Waals surface area contributed by atoms with Crippen LogP contribution in [0.25, 0.3) is 0 Å². The molecule has 3 rings (SSSR count). The monoisotopic (exact) mass is 409 g/mol. The molecule has 1 aromatic heterocycles. The van der Waals surface area contributed by atoms with E-state index in [-0.39, 0.29) is 6.04 Å². The van der Waals surface area contributed by atoms with E-state index >= 15 is 0 Å². The van der Waals surface area contributed by atoms with Gasteiger partial charge < -0.3 is 9.84 Å². The van der Waals surface area contributed by atoms with Crippen molar-refractivity contribution < 1.29 is 14.6 Å². The van der Waals surface area contributed by atoms with Crippen molar-refractivity contribution in [2.75, 3.05) is 13.2 Å². The molecular formula is C18H20BrNO3S. The number of carbonyl (C=O) groups is 1. The highest BCUT2D eigenvalue weighted by Crippen LogP contribution is 2.39. The molecular weight excluding hydrogens is 390 g/mol. The summed E-state index contributed by atoms with van der Waals surface area (Å²) in [6, 6.07) is 11.6. The van der Waals surface area contributed by atoms with Gasteiger partial charge in [0.2, 0.25) is 0 Å². The van der Waals surface area contributed by atoms with Gasteiger partial charge >= 0.3 is 5.97 Å². The highest BCUT2D eigenvalue weighted by molar-refractivity contribution is 9.11. The topological polar surface area (TPSA) is 49.8 Å². The van der Waals surface area contributed by atoms with E-state index in [1.165, 1.54) is 0 Å². The van der Waals surface area contributed by atoms with Crippen LogP contribution >= 0.6 is 27.3 Å². The summed E-state index contributed by atoms with van der Waals surface area (Å²) in [6.07, 6.45) is 1.62. The number of hydrogen-bond donors (Lipinski definition) is 1. The van der Waals surface area contributed by atoms with E-state index in [4.69, 9.17) is 4.74 Å². The second-order valence-corrected chi connectivity index (χ2v) is 8.28. The summed E-state index contributed by atoms with van der Waals surface area (Å²) in [4.78, 5) is 14.9. The molecule has 4 nitrogen and oxygen atoms in total. The molecule has 0 spiro atoms. The van der Waals surface area contributed by atoms with Crippen molar-refractivity contribution in [2.24, 2.45) is 0 Å². The van der Waals surface area contributed by atoms with Gasteiger partial charge in [0.05, 0.1) is 16.4 Å². The van der Waals surface area contributed by atoms with E-state index < -0.39 is 12.0 Å². The largest absolute Gasteiger partial charge is 0.494 e. The van der Waals surface area contributed by atoms with Gasteiger partial charge in [-0.25, -0.2) is 0 Å². The predicted molar refractivity (Wildman–Crippen MR) is 98.8 cm³/mol. The summed E-state index contributed by atoms with van der Waals surface area (Å²) < 4.78 is 6.58. The molecule has 1 aromatic carbocycles. The lowest BCUT2D eigenvalue weighted by molar-refractivity contribution is -0.142. The summed E-state index contributed by atoms with van der Waals surface area (Å²) >= 11 is 5.18. The normalized spacial score (nSPS) is 19.3. The van der Waals surface area contributed by atoms with Crippen LogP contribution in [0, 0.1) is 0 Å². The van der Waals surface area contributed by atoms with Crippen molar-refractivity contribution in [1.82, 2.24) is 4.90 Å². The maximum Gasteiger partial charge on any atom is 0.320 e. The van der Waals surface area contributed by atoms with Gasteiger partial charge in [0.1, 0.15) is 11.8 Å². The molecule has 1 aliphatic heterocycles. The van der Waals surface area contributed by atoms with E-state index in [2.05, 4.69) is 26.9 Å². The van der Waals surface area contributed by atoms with Crippen LogP contribution < -0.4 is 4.74 Å². The van der Waals surface area contributed by atoms with Crippen molar-refractivity contribution in [3.63, 3.8) is 0 Å². The van der Waals surface area contributed by atoms with Gasteiger partial charge in [-0.3, -0.25) is 9.69 Å². The summed E-state index contributed by atoms with van der Waals surface area (Å²) in [6.45, 7) is 3.39. The van der Waals surface area contributed by atoms with E-state index in [0.717, 1.165) is 32.9 Å². The van der Waals surface area contributed by atoms with Gasteiger partial charge in [0.25, 0.3) is 0 Å². The number of thiophene rings is 1. The number of aliphatic carboxylic acids is 1. The molecule has 1 fully saturated rings. The van der Waals surface area contributed by atoms with Gasteiger partial charge in [-0.05, 0) is 65.5 Å². The second kappa shape index (κ2) is 7.68. The SMILES string of the molecule is CCOc1ccc(C(c2ccc(Br)s2)N2CCCC2C(=O)O)cc1. The number of likely N-dealkylation sites (tertiary alicyclic amines) is 1. The first-order chi connectivity index (χ1) is 11.6. The fourth-order valence-corrected chi connectivity index (χ4v) is 4.84. The van der Waals surface area contributed by atoms with Crippen LogP contribution in [0.1, 0.15) is 36.2 Å². The molecule has 1 N–H and O–H groups in total. The molecule has 0 saturated carbocycles. The average molecular weight is 410 g/mol. The van der Waals surface area contributed by atoms with Crippen LogP contribution in [0.2, 0.25) is 0 Å². The van der Waals surface area contributed by atoms with Crippen molar-refractivity contribution in [3.05, 3.63) is 50.6 Å². The van der Waals surface area contributed by atoms with Crippen molar-refractivity contribution in [3.8, 4) is 5.75 Å². The van der Waals surface area contributed by atoms with Crippen LogP contribution in [0.15, 0.2) is 40.2 Å². The molecule has 0 aliphatic carbocycles. The van der Waals surface area contributed by atoms with Gasteiger partial charge in [-0.2, -0.15) is 0 Å². The number of halogens is 1. The highest BCUT2D eigenvalue weighted by atomic mass is 79.9. The zero-order valence-electron chi connectivity index (χ0n) is 13.4. The Morgan fingerprint density at radius 3 is 2.71 bits per heavy atom. The molecule has 2 atom stereocenters. The zero-order chi connectivity index (χ0) is 17.1. The Kier molecular flexibility index (Phi) is 5.58. The fraction of sp³-hybridized carbons (Fsp3) is 0.389. The van der Waals surface area contributed by atoms with Crippen LogP contribution in [0.3, 0.4) is 0 Å². The van der Waals surface area contributed by atoms with Crippen LogP contribution in [0.4, 0.5) is 0 Å². The van der Waals surface area contributed by atoms with Crippen molar-refractivity contribution in [1.29, 1.82) is 0 Å². The predicted octanol–water partition coefficient (Wildman–Crippen LogP) is 4.55. The molecule has 128 valence electrons. The Hall–Kier alpha value is -1.37. The van der Waals surface area contributed by atoms with Crippen molar-refractivity contribution in [2.45, 2.75) is 31.8 Å². The Balaban J connectivity index is 1.97. The molecule has 24 heavy (non-hydrogen) atoms. The number of carboxylic acid groups (broad SMARTS) is 1. The third kappa shape index (κ3) is 3.66. The van der Waals surface area contributed by atoms with Gasteiger partial charge in [-0.1, -0.05) is 12.1 Å². The fourth-order valence-electron chi connectivity index (χ4n) is 3.27. The number of nitrogens with zero attached hydrogens (tertiary/aromatic N) is 1. The average Bonchev–Trinajstić information content (AvgIpc) is 3.19. The Morgan fingerprint density at radius 1 is 1.38 bits per heavy atom. The molecule has 0 amide bonds. The third-order valence-corrected chi connectivity index (χ3v) is 5.96. The standard InChI is InChI=1S/C18H20BrNO3S/c1-2-23-13-7-5-12(6-8-13)17(15-9-10-16(19)24-15)20-11-3-4-14(20)18(21)22/h5-10,14,17H,2-4,11H2,1H3,(H,21,22). The first-order valence-electron chi connectivity index (χ1n) is 8.06. The van der Waals surface area contributed by atoms with Gasteiger partial charge in [-0.15, -0.1) is 11.3 Å². The van der Waals surface area contributed by atoms with E-state index in [1.54, 1.807) is 11.3 Å². The van der Waals surface area contributed by atoms with E-state index in [1.807, 2.05) is 37.3 Å². The molecule has 1 aliphatic rings. The number of rotatable bonds is 6. The summed E-state index contributed by atoms with van der Waals surface area (Å²) in [5.41, 5.74) is 1.10. The zero-order valence-corrected chi connectivity index (χ0v) is 15.8. The Labute approximate surface area is 154 Å². The summed E-state index contributed by atoms with van der Waals surface area (Å²) in [5.74, 6) is 0.0997. The van der Waals surface area contributed by atoms with Crippen molar-refractivity contribution >= 4 is 33.2 Å². The van der Waals surface area contributed by atoms with Gasteiger partial charge in [0, 0.05) is 11.4 Å². The van der Waals surface area contributed by atoms with Gasteiger partial charge in [0.15, 0.2) is 0 Å². The minimum absolute atomic E-state index is 0.0411. The minimum Gasteiger partial charge on any atom is -0.494 e. The van der Waals surface area contributed by atoms with Crippen LogP contribution in [0.5, 0.6) is 5.75 Å². The van der Waals surface area contributed by atoms with Crippen LogP contribution in [-0.2, 0) is 4.79 Å². The first-order valence-corrected chi connectivity index (χ1v) is 9.67. The quantitative estimate of drug-likeness (QED) is 0.759. The lowest BCUT2D eigenvalue weighted by atomic mass is 10.0. The Morgan fingerprint density at radius 2 is 2.12 bits per heavy atom. The first kappa shape index (κ1) is 17.5. The Bertz CT molecular complexity index is 701. The van der Waals surface area contributed by atoms with E-state index in [0.29, 0.717) is 13.0 Å². The van der Waals surface area contributed by atoms with E-state index in [9.17, 15) is 9.90 Å². The highest BCUT2D eigenvalue weighted by Gasteiger charge is 2.37. The molecule has 2 unspecified atom stereocenters. The third-order valence-electron chi connectivity index (χ3n) is 4.28. The lowest BCUT2D eigenvalue weighted by Gasteiger charge is -2.31. The second-order valence-electron chi connectivity index (χ2n) is 5.78. The molecule has 0 radical (unpaired) electrons. The number of hydrogen-bond acceptors (Lipinski definition) is 4. The smallest absolute Gasteiger partial charge is 0.320 e.